The van der Waals surface area contributed by atoms with Crippen molar-refractivity contribution in [2.45, 2.75) is 52.7 Å². The summed E-state index contributed by atoms with van der Waals surface area (Å²) in [5.41, 5.74) is -0.296. The minimum atomic E-state index is -2.62. The zero-order valence-electron chi connectivity index (χ0n) is 9.59. The van der Waals surface area contributed by atoms with Crippen molar-refractivity contribution in [1.29, 1.82) is 0 Å². The summed E-state index contributed by atoms with van der Waals surface area (Å²) in [5.74, 6) is 0. The van der Waals surface area contributed by atoms with Crippen molar-refractivity contribution in [2.75, 3.05) is 0 Å². The van der Waals surface area contributed by atoms with E-state index >= 15 is 0 Å². The van der Waals surface area contributed by atoms with Crippen LogP contribution in [0.5, 0.6) is 0 Å². The van der Waals surface area contributed by atoms with Gasteiger partial charge in [-0.15, -0.1) is 0 Å². The van der Waals surface area contributed by atoms with Crippen molar-refractivity contribution >= 4 is 8.60 Å². The van der Waals surface area contributed by atoms with Gasteiger partial charge in [-0.2, -0.15) is 0 Å². The van der Waals surface area contributed by atoms with Crippen molar-refractivity contribution in [3.63, 3.8) is 0 Å². The van der Waals surface area contributed by atoms with Crippen molar-refractivity contribution in [3.8, 4) is 0 Å². The van der Waals surface area contributed by atoms with E-state index in [0.29, 0.717) is 0 Å². The summed E-state index contributed by atoms with van der Waals surface area (Å²) < 4.78 is 0. The largest absolute Gasteiger partial charge is 0.368 e. The van der Waals surface area contributed by atoms with Gasteiger partial charge in [0.25, 0.3) is 0 Å². The molecule has 0 aromatic rings. The van der Waals surface area contributed by atoms with Crippen LogP contribution in [0.1, 0.15) is 46.5 Å². The van der Waals surface area contributed by atoms with Crippen molar-refractivity contribution < 1.29 is 24.9 Å². The second-order valence-electron chi connectivity index (χ2n) is 3.75. The van der Waals surface area contributed by atoms with Crippen LogP contribution in [0.2, 0.25) is 0 Å². The van der Waals surface area contributed by atoms with Crippen LogP contribution >= 0.6 is 8.60 Å². The lowest BCUT2D eigenvalue weighted by Gasteiger charge is -2.29. The van der Waals surface area contributed by atoms with Gasteiger partial charge < -0.3 is 24.9 Å². The predicted molar refractivity (Wildman–Crippen MR) is 59.7 cm³/mol. The molecule has 1 unspecified atom stereocenters. The molecule has 0 bridgehead atoms. The van der Waals surface area contributed by atoms with E-state index in [4.69, 9.17) is 24.9 Å². The second-order valence-corrected chi connectivity index (χ2v) is 4.29. The Morgan fingerprint density at radius 3 is 1.73 bits per heavy atom. The molecule has 0 aromatic carbocycles. The number of aliphatic hydroxyl groups is 2. The van der Waals surface area contributed by atoms with Gasteiger partial charge in [0, 0.05) is 5.41 Å². The summed E-state index contributed by atoms with van der Waals surface area (Å²) in [5, 5.41) is 18.1. The maximum Gasteiger partial charge on any atom is 0.324 e. The quantitative estimate of drug-likeness (QED) is 0.367. The third-order valence-electron chi connectivity index (χ3n) is 2.53. The third-order valence-corrected chi connectivity index (χ3v) is 2.53. The molecule has 0 rings (SSSR count). The topological polar surface area (TPSA) is 101 Å². The minimum Gasteiger partial charge on any atom is -0.368 e. The Bertz CT molecular complexity index is 140. The van der Waals surface area contributed by atoms with Gasteiger partial charge in [0.15, 0.2) is 6.29 Å². The van der Waals surface area contributed by atoms with Crippen molar-refractivity contribution in [2.24, 2.45) is 5.41 Å². The Labute approximate surface area is 92.4 Å². The third kappa shape index (κ3) is 10.5. The highest BCUT2D eigenvalue weighted by Crippen LogP contribution is 2.30. The summed E-state index contributed by atoms with van der Waals surface area (Å²) >= 11 is 0. The zero-order valence-corrected chi connectivity index (χ0v) is 10.5. The SMILES string of the molecule is CCCCC(C)(CC)C(O)O.OP(O)O. The first kappa shape index (κ1) is 17.6. The van der Waals surface area contributed by atoms with Crippen LogP contribution in [0.3, 0.4) is 0 Å². The monoisotopic (exact) mass is 242 g/mol. The average Bonchev–Trinajstić information content (AvgIpc) is 2.13. The number of unbranched alkanes of at least 4 members (excludes halogenated alkanes) is 1. The lowest BCUT2D eigenvalue weighted by molar-refractivity contribution is -0.133. The summed E-state index contributed by atoms with van der Waals surface area (Å²) in [6.07, 6.45) is 2.74. The van der Waals surface area contributed by atoms with Crippen molar-refractivity contribution in [1.82, 2.24) is 0 Å². The molecule has 0 aliphatic carbocycles. The van der Waals surface area contributed by atoms with Gasteiger partial charge in [-0.1, -0.05) is 33.6 Å². The fourth-order valence-corrected chi connectivity index (χ4v) is 1.07. The van der Waals surface area contributed by atoms with Crippen LogP contribution in [0.25, 0.3) is 0 Å². The summed E-state index contributed by atoms with van der Waals surface area (Å²) in [4.78, 5) is 21.7. The summed E-state index contributed by atoms with van der Waals surface area (Å²) in [6, 6.07) is 0. The lowest BCUT2D eigenvalue weighted by atomic mass is 9.82. The molecule has 0 radical (unpaired) electrons. The first-order chi connectivity index (χ1) is 6.80. The molecule has 94 valence electrons. The smallest absolute Gasteiger partial charge is 0.324 e. The molecule has 6 heteroatoms. The van der Waals surface area contributed by atoms with Crippen LogP contribution < -0.4 is 0 Å². The molecule has 5 nitrogen and oxygen atoms in total. The van der Waals surface area contributed by atoms with Gasteiger partial charge in [-0.25, -0.2) is 0 Å². The maximum atomic E-state index is 9.05. The predicted octanol–water partition coefficient (Wildman–Crippen LogP) is 1.09. The van der Waals surface area contributed by atoms with E-state index < -0.39 is 14.9 Å². The Kier molecular flexibility index (Phi) is 11.1. The molecule has 0 fully saturated rings. The molecule has 0 amide bonds. The molecular weight excluding hydrogens is 219 g/mol. The van der Waals surface area contributed by atoms with E-state index in [-0.39, 0.29) is 5.41 Å². The van der Waals surface area contributed by atoms with Crippen LogP contribution in [-0.4, -0.2) is 31.2 Å². The Morgan fingerprint density at radius 1 is 1.13 bits per heavy atom. The maximum absolute atomic E-state index is 9.05. The van der Waals surface area contributed by atoms with Crippen molar-refractivity contribution in [3.05, 3.63) is 0 Å². The Morgan fingerprint density at radius 2 is 1.53 bits per heavy atom. The molecule has 0 aliphatic heterocycles. The first-order valence-electron chi connectivity index (χ1n) is 5.03. The highest BCUT2D eigenvalue weighted by Gasteiger charge is 2.28. The molecule has 0 saturated carbocycles. The fraction of sp³-hybridized carbons (Fsp3) is 1.00. The Balaban J connectivity index is 0. The van der Waals surface area contributed by atoms with Crippen LogP contribution in [0, 0.1) is 5.41 Å². The van der Waals surface area contributed by atoms with Gasteiger partial charge in [-0.05, 0) is 12.8 Å². The zero-order chi connectivity index (χ0) is 12.5. The van der Waals surface area contributed by atoms with Crippen LogP contribution in [0.4, 0.5) is 0 Å². The molecule has 0 spiro atoms. The highest BCUT2D eigenvalue weighted by molar-refractivity contribution is 7.38. The minimum absolute atomic E-state index is 0.296. The van der Waals surface area contributed by atoms with Gasteiger partial charge in [-0.3, -0.25) is 0 Å². The summed E-state index contributed by atoms with van der Waals surface area (Å²) in [7, 11) is -2.62. The first-order valence-corrected chi connectivity index (χ1v) is 6.23. The molecule has 0 heterocycles. The Hall–Kier alpha value is 0.230. The van der Waals surface area contributed by atoms with Gasteiger partial charge in [0.2, 0.25) is 0 Å². The molecule has 0 saturated heterocycles. The molecule has 0 aliphatic rings. The van der Waals surface area contributed by atoms with Crippen LogP contribution in [0.15, 0.2) is 0 Å². The average molecular weight is 242 g/mol. The van der Waals surface area contributed by atoms with E-state index in [1.54, 1.807) is 0 Å². The number of hydrogen-bond donors (Lipinski definition) is 5. The highest BCUT2D eigenvalue weighted by atomic mass is 31.2. The van der Waals surface area contributed by atoms with Crippen LogP contribution in [-0.2, 0) is 0 Å². The lowest BCUT2D eigenvalue weighted by Crippen LogP contribution is -2.31. The molecule has 0 aromatic heterocycles. The van der Waals surface area contributed by atoms with Gasteiger partial charge in [0.05, 0.1) is 0 Å². The van der Waals surface area contributed by atoms with Gasteiger partial charge >= 0.3 is 8.60 Å². The van der Waals surface area contributed by atoms with E-state index in [2.05, 4.69) is 6.92 Å². The van der Waals surface area contributed by atoms with Gasteiger partial charge in [0.1, 0.15) is 0 Å². The number of rotatable bonds is 5. The molecule has 5 N–H and O–H groups in total. The molecule has 1 atom stereocenters. The fourth-order valence-electron chi connectivity index (χ4n) is 1.07. The van der Waals surface area contributed by atoms with E-state index in [1.165, 1.54) is 0 Å². The number of hydrogen-bond acceptors (Lipinski definition) is 5. The van der Waals surface area contributed by atoms with E-state index in [1.807, 2.05) is 13.8 Å². The summed E-state index contributed by atoms with van der Waals surface area (Å²) in [6.45, 7) is 6.03. The standard InChI is InChI=1S/C9H20O2.H3O3P/c1-4-6-7-9(3,5-2)8(10)11;1-4(2)3/h8,10-11H,4-7H2,1-3H3;1-3H. The van der Waals surface area contributed by atoms with E-state index in [9.17, 15) is 0 Å². The number of aliphatic hydroxyl groups excluding tert-OH is 1. The normalized spacial score (nSPS) is 14.8. The molecule has 15 heavy (non-hydrogen) atoms. The molecular formula is C9H23O5P. The van der Waals surface area contributed by atoms with E-state index in [0.717, 1.165) is 25.7 Å². The second kappa shape index (κ2) is 9.46.